The van der Waals surface area contributed by atoms with Gasteiger partial charge in [-0.1, -0.05) is 66.3 Å². The Labute approximate surface area is 246 Å². The third-order valence-electron chi connectivity index (χ3n) is 6.92. The van der Waals surface area contributed by atoms with E-state index in [9.17, 15) is 9.59 Å². The molecule has 210 valence electrons. The van der Waals surface area contributed by atoms with E-state index >= 15 is 0 Å². The Kier molecular flexibility index (Phi) is 7.50. The van der Waals surface area contributed by atoms with Crippen LogP contribution in [-0.4, -0.2) is 31.0 Å². The van der Waals surface area contributed by atoms with Gasteiger partial charge >= 0.3 is 0 Å². The summed E-state index contributed by atoms with van der Waals surface area (Å²) in [6, 6.07) is 23.6. The van der Waals surface area contributed by atoms with Gasteiger partial charge in [0.25, 0.3) is 11.1 Å². The van der Waals surface area contributed by atoms with Crippen LogP contribution in [0.2, 0.25) is 0 Å². The van der Waals surface area contributed by atoms with Gasteiger partial charge in [0.1, 0.15) is 17.1 Å². The number of aryl methyl sites for hydroxylation is 2. The van der Waals surface area contributed by atoms with Gasteiger partial charge < -0.3 is 4.74 Å². The van der Waals surface area contributed by atoms with Crippen molar-refractivity contribution >= 4 is 22.4 Å². The standard InChI is InChI=1S/C33H29N5O3S/c1-4-16-41-26-14-15-27(22(3)17-26)30-24(20-37(36-30)25-8-6-5-7-9-25)19-29-32(40)38-33(42-29)34-31(39)28(35-38)18-23-12-10-21(2)11-13-23/h5-15,17,19-20H,4,16,18H2,1-3H3/b29-19-. The highest BCUT2D eigenvalue weighted by Crippen LogP contribution is 2.30. The number of hydrogen-bond acceptors (Lipinski definition) is 7. The summed E-state index contributed by atoms with van der Waals surface area (Å²) in [6.45, 7) is 6.75. The molecule has 0 unspecified atom stereocenters. The Morgan fingerprint density at radius 1 is 0.952 bits per heavy atom. The van der Waals surface area contributed by atoms with Crippen molar-refractivity contribution in [3.05, 3.63) is 132 Å². The molecule has 9 heteroatoms. The fourth-order valence-corrected chi connectivity index (χ4v) is 5.61. The first-order valence-corrected chi connectivity index (χ1v) is 14.6. The number of fused-ring (bicyclic) bond motifs is 1. The molecule has 0 atom stereocenters. The zero-order chi connectivity index (χ0) is 29.2. The summed E-state index contributed by atoms with van der Waals surface area (Å²) >= 11 is 1.14. The first-order valence-electron chi connectivity index (χ1n) is 13.8. The fourth-order valence-electron chi connectivity index (χ4n) is 4.72. The summed E-state index contributed by atoms with van der Waals surface area (Å²) < 4.78 is 9.27. The van der Waals surface area contributed by atoms with Crippen LogP contribution in [0.3, 0.4) is 0 Å². The predicted octanol–water partition coefficient (Wildman–Crippen LogP) is 4.91. The third kappa shape index (κ3) is 5.51. The van der Waals surface area contributed by atoms with Crippen molar-refractivity contribution < 1.29 is 4.74 Å². The first-order chi connectivity index (χ1) is 20.4. The Hall–Kier alpha value is -4.89. The number of thiazole rings is 1. The van der Waals surface area contributed by atoms with Crippen LogP contribution in [-0.2, 0) is 6.42 Å². The van der Waals surface area contributed by atoms with E-state index in [1.165, 1.54) is 4.52 Å². The molecule has 0 fully saturated rings. The molecule has 8 nitrogen and oxygen atoms in total. The summed E-state index contributed by atoms with van der Waals surface area (Å²) in [7, 11) is 0. The van der Waals surface area contributed by atoms with Gasteiger partial charge in [-0.2, -0.15) is 19.7 Å². The zero-order valence-electron chi connectivity index (χ0n) is 23.6. The van der Waals surface area contributed by atoms with Crippen LogP contribution in [0.25, 0.3) is 28.0 Å². The molecule has 0 saturated heterocycles. The molecule has 0 aliphatic rings. The van der Waals surface area contributed by atoms with Gasteiger partial charge in [-0.05, 0) is 67.8 Å². The van der Waals surface area contributed by atoms with Gasteiger partial charge in [-0.25, -0.2) is 4.68 Å². The van der Waals surface area contributed by atoms with Gasteiger partial charge in [0.2, 0.25) is 4.96 Å². The van der Waals surface area contributed by atoms with E-state index in [1.54, 1.807) is 10.8 Å². The lowest BCUT2D eigenvalue weighted by atomic mass is 10.0. The van der Waals surface area contributed by atoms with E-state index in [0.29, 0.717) is 17.6 Å². The Morgan fingerprint density at radius 3 is 2.48 bits per heavy atom. The number of nitrogens with zero attached hydrogens (tertiary/aromatic N) is 5. The second-order valence-corrected chi connectivity index (χ2v) is 11.2. The van der Waals surface area contributed by atoms with E-state index in [4.69, 9.17) is 9.84 Å². The maximum atomic E-state index is 13.5. The molecule has 6 aromatic rings. The summed E-state index contributed by atoms with van der Waals surface area (Å²) in [5.74, 6) is 0.806. The number of ether oxygens (including phenoxy) is 1. The Bertz CT molecular complexity index is 2060. The quantitative estimate of drug-likeness (QED) is 0.256. The van der Waals surface area contributed by atoms with Gasteiger partial charge in [0.15, 0.2) is 0 Å². The van der Waals surface area contributed by atoms with E-state index in [2.05, 4.69) is 17.0 Å². The highest BCUT2D eigenvalue weighted by molar-refractivity contribution is 7.15. The van der Waals surface area contributed by atoms with Crippen LogP contribution in [0, 0.1) is 13.8 Å². The van der Waals surface area contributed by atoms with Crippen LogP contribution >= 0.6 is 11.3 Å². The van der Waals surface area contributed by atoms with Crippen molar-refractivity contribution in [2.45, 2.75) is 33.6 Å². The maximum Gasteiger partial charge on any atom is 0.296 e. The van der Waals surface area contributed by atoms with Crippen LogP contribution in [0.15, 0.2) is 88.6 Å². The fraction of sp³-hybridized carbons (Fsp3) is 0.182. The molecule has 0 bridgehead atoms. The molecule has 0 radical (unpaired) electrons. The van der Waals surface area contributed by atoms with Crippen molar-refractivity contribution in [1.82, 2.24) is 24.4 Å². The van der Waals surface area contributed by atoms with E-state index < -0.39 is 5.56 Å². The Balaban J connectivity index is 1.46. The number of rotatable bonds is 8. The van der Waals surface area contributed by atoms with Crippen molar-refractivity contribution in [2.24, 2.45) is 0 Å². The molecule has 42 heavy (non-hydrogen) atoms. The molecule has 0 amide bonds. The second kappa shape index (κ2) is 11.5. The number of para-hydroxylation sites is 1. The van der Waals surface area contributed by atoms with Crippen molar-refractivity contribution in [3.8, 4) is 22.7 Å². The lowest BCUT2D eigenvalue weighted by Crippen LogP contribution is -2.28. The summed E-state index contributed by atoms with van der Waals surface area (Å²) in [5.41, 5.74) is 5.85. The highest BCUT2D eigenvalue weighted by atomic mass is 32.1. The molecule has 0 aliphatic carbocycles. The smallest absolute Gasteiger partial charge is 0.296 e. The minimum absolute atomic E-state index is 0.233. The van der Waals surface area contributed by atoms with E-state index in [0.717, 1.165) is 62.7 Å². The van der Waals surface area contributed by atoms with Crippen LogP contribution in [0.1, 0.15) is 41.3 Å². The molecule has 0 aliphatic heterocycles. The number of hydrogen-bond donors (Lipinski definition) is 0. The average molecular weight is 576 g/mol. The van der Waals surface area contributed by atoms with Gasteiger partial charge in [-0.15, -0.1) is 0 Å². The molecular formula is C33H29N5O3S. The van der Waals surface area contributed by atoms with E-state index in [1.807, 2.05) is 92.8 Å². The Morgan fingerprint density at radius 2 is 1.74 bits per heavy atom. The molecule has 3 aromatic carbocycles. The summed E-state index contributed by atoms with van der Waals surface area (Å²) in [6.07, 6.45) is 4.94. The first kappa shape index (κ1) is 27.3. The number of benzene rings is 3. The minimum atomic E-state index is -0.429. The monoisotopic (exact) mass is 575 g/mol. The summed E-state index contributed by atoms with van der Waals surface area (Å²) in [4.78, 5) is 30.8. The van der Waals surface area contributed by atoms with Gasteiger partial charge in [-0.3, -0.25) is 9.59 Å². The largest absolute Gasteiger partial charge is 0.494 e. The molecular weight excluding hydrogens is 546 g/mol. The van der Waals surface area contributed by atoms with Crippen molar-refractivity contribution in [2.75, 3.05) is 6.61 Å². The van der Waals surface area contributed by atoms with Crippen molar-refractivity contribution in [1.29, 1.82) is 0 Å². The highest BCUT2D eigenvalue weighted by Gasteiger charge is 2.16. The zero-order valence-corrected chi connectivity index (χ0v) is 24.4. The topological polar surface area (TPSA) is 91.4 Å². The second-order valence-electron chi connectivity index (χ2n) is 10.2. The lowest BCUT2D eigenvalue weighted by Gasteiger charge is -2.09. The maximum absolute atomic E-state index is 13.5. The predicted molar refractivity (Wildman–Crippen MR) is 166 cm³/mol. The molecule has 0 N–H and O–H groups in total. The van der Waals surface area contributed by atoms with Crippen LogP contribution in [0.4, 0.5) is 0 Å². The molecule has 0 spiro atoms. The third-order valence-corrected chi connectivity index (χ3v) is 7.88. The average Bonchev–Trinajstić information content (AvgIpc) is 3.54. The molecule has 3 aromatic heterocycles. The molecule has 0 saturated carbocycles. The van der Waals surface area contributed by atoms with Crippen LogP contribution < -0.4 is 20.4 Å². The summed E-state index contributed by atoms with van der Waals surface area (Å²) in [5, 5.41) is 9.34. The molecule has 6 rings (SSSR count). The van der Waals surface area contributed by atoms with Gasteiger partial charge in [0.05, 0.1) is 16.8 Å². The lowest BCUT2D eigenvalue weighted by molar-refractivity contribution is 0.317. The normalized spacial score (nSPS) is 11.8. The molecule has 3 heterocycles. The minimum Gasteiger partial charge on any atom is -0.494 e. The SMILES string of the molecule is CCCOc1ccc(-c2nn(-c3ccccc3)cc2/C=c2\sc3nc(=O)c(Cc4ccc(C)cc4)nn3c2=O)c(C)c1. The van der Waals surface area contributed by atoms with Gasteiger partial charge in [0, 0.05) is 23.7 Å². The van der Waals surface area contributed by atoms with Crippen LogP contribution in [0.5, 0.6) is 5.75 Å². The number of aromatic nitrogens is 5. The van der Waals surface area contributed by atoms with Crippen molar-refractivity contribution in [3.63, 3.8) is 0 Å². The van der Waals surface area contributed by atoms with E-state index in [-0.39, 0.29) is 16.2 Å².